The third kappa shape index (κ3) is 5.12. The van der Waals surface area contributed by atoms with Crippen LogP contribution in [0.15, 0.2) is 78.9 Å². The summed E-state index contributed by atoms with van der Waals surface area (Å²) in [5.41, 5.74) is 4.98. The van der Waals surface area contributed by atoms with Crippen molar-refractivity contribution in [2.45, 2.75) is 38.5 Å². The minimum atomic E-state index is -0.0831. The zero-order valence-electron chi connectivity index (χ0n) is 15.9. The molecule has 3 rings (SSSR count). The van der Waals surface area contributed by atoms with Crippen LogP contribution in [0.25, 0.3) is 0 Å². The van der Waals surface area contributed by atoms with Gasteiger partial charge in [0.05, 0.1) is 0 Å². The molecule has 0 spiro atoms. The molecule has 0 fully saturated rings. The van der Waals surface area contributed by atoms with Gasteiger partial charge in [-0.2, -0.15) is 0 Å². The van der Waals surface area contributed by atoms with Crippen molar-refractivity contribution in [3.63, 3.8) is 0 Å². The molecule has 0 N–H and O–H groups in total. The van der Waals surface area contributed by atoms with Crippen molar-refractivity contribution < 1.29 is 4.74 Å². The van der Waals surface area contributed by atoms with Gasteiger partial charge in [0.15, 0.2) is 0 Å². The summed E-state index contributed by atoms with van der Waals surface area (Å²) >= 11 is 6.42. The molecule has 0 aromatic heterocycles. The lowest BCUT2D eigenvalue weighted by atomic mass is 9.93. The van der Waals surface area contributed by atoms with Crippen molar-refractivity contribution >= 4 is 19.2 Å². The van der Waals surface area contributed by atoms with Crippen LogP contribution in [0.3, 0.4) is 0 Å². The van der Waals surface area contributed by atoms with Crippen molar-refractivity contribution in [2.75, 3.05) is 0 Å². The molecule has 0 bridgehead atoms. The molecule has 0 aliphatic rings. The number of halogens is 1. The summed E-state index contributed by atoms with van der Waals surface area (Å²) in [6, 6.07) is 27.4. The molecule has 27 heavy (non-hydrogen) atoms. The fraction of sp³-hybridized carbons (Fsp3) is 0.250. The van der Waals surface area contributed by atoms with E-state index in [2.05, 4.69) is 74.5 Å². The van der Waals surface area contributed by atoms with Crippen LogP contribution in [-0.2, 0) is 18.2 Å². The lowest BCUT2D eigenvalue weighted by Crippen LogP contribution is -2.15. The van der Waals surface area contributed by atoms with Gasteiger partial charge in [-0.1, -0.05) is 97.9 Å². The largest absolute Gasteiger partial charge is 0.489 e. The highest BCUT2D eigenvalue weighted by molar-refractivity contribution is 7.69. The lowest BCUT2D eigenvalue weighted by Gasteiger charge is -2.29. The predicted molar refractivity (Wildman–Crippen MR) is 118 cm³/mol. The Kier molecular flexibility index (Phi) is 6.94. The summed E-state index contributed by atoms with van der Waals surface area (Å²) in [4.78, 5) is 0. The van der Waals surface area contributed by atoms with E-state index in [0.29, 0.717) is 14.5 Å². The first-order chi connectivity index (χ1) is 13.1. The van der Waals surface area contributed by atoms with Crippen LogP contribution < -0.4 is 4.74 Å². The van der Waals surface area contributed by atoms with Gasteiger partial charge in [-0.15, -0.1) is 0 Å². The molecular formula is C24H26ClOP. The van der Waals surface area contributed by atoms with Crippen molar-refractivity contribution in [1.82, 2.24) is 0 Å². The molecule has 0 heterocycles. The zero-order chi connectivity index (χ0) is 19.1. The van der Waals surface area contributed by atoms with E-state index in [0.717, 1.165) is 18.6 Å². The molecule has 3 aromatic carbocycles. The molecule has 0 saturated heterocycles. The fourth-order valence-corrected chi connectivity index (χ4v) is 4.26. The monoisotopic (exact) mass is 396 g/mol. The van der Waals surface area contributed by atoms with Crippen LogP contribution in [-0.4, -0.2) is 0 Å². The van der Waals surface area contributed by atoms with E-state index in [-0.39, 0.29) is 5.16 Å². The Morgan fingerprint density at radius 1 is 0.852 bits per heavy atom. The number of rotatable bonds is 8. The van der Waals surface area contributed by atoms with Gasteiger partial charge in [0.1, 0.15) is 12.4 Å². The van der Waals surface area contributed by atoms with Crippen LogP contribution in [0.2, 0.25) is 0 Å². The summed E-state index contributed by atoms with van der Waals surface area (Å²) in [6.07, 6.45) is 1.89. The molecule has 2 atom stereocenters. The van der Waals surface area contributed by atoms with Crippen molar-refractivity contribution in [3.05, 3.63) is 101 Å². The summed E-state index contributed by atoms with van der Waals surface area (Å²) in [5.74, 6) is 0.938. The highest BCUT2D eigenvalue weighted by atomic mass is 35.7. The molecule has 2 unspecified atom stereocenters. The van der Waals surface area contributed by atoms with Crippen molar-refractivity contribution in [2.24, 2.45) is 0 Å². The Hall–Kier alpha value is -1.82. The Morgan fingerprint density at radius 2 is 1.48 bits per heavy atom. The second-order valence-electron chi connectivity index (χ2n) is 7.05. The standard InChI is InChI=1S/C24H26ClOP/c1-3-24(2,27-25)22-17-21(16-19-10-6-4-7-11-19)14-15-23(22)26-18-20-12-8-5-9-13-20/h4-15,17,27H,3,16,18H2,1-2H3. The van der Waals surface area contributed by atoms with Crippen LogP contribution in [0.4, 0.5) is 0 Å². The van der Waals surface area contributed by atoms with E-state index in [1.165, 1.54) is 22.3 Å². The molecule has 1 nitrogen and oxygen atoms in total. The molecule has 3 heteroatoms. The highest BCUT2D eigenvalue weighted by Gasteiger charge is 2.28. The third-order valence-corrected chi connectivity index (χ3v) is 7.33. The van der Waals surface area contributed by atoms with E-state index in [9.17, 15) is 0 Å². The number of hydrogen-bond acceptors (Lipinski definition) is 1. The van der Waals surface area contributed by atoms with E-state index < -0.39 is 0 Å². The minimum absolute atomic E-state index is 0.0831. The van der Waals surface area contributed by atoms with Crippen LogP contribution in [0.5, 0.6) is 5.75 Å². The summed E-state index contributed by atoms with van der Waals surface area (Å²) < 4.78 is 6.22. The molecular weight excluding hydrogens is 371 g/mol. The molecule has 3 aromatic rings. The van der Waals surface area contributed by atoms with E-state index in [1.54, 1.807) is 0 Å². The van der Waals surface area contributed by atoms with Crippen molar-refractivity contribution in [1.29, 1.82) is 0 Å². The van der Waals surface area contributed by atoms with Crippen LogP contribution in [0, 0.1) is 0 Å². The van der Waals surface area contributed by atoms with E-state index in [4.69, 9.17) is 16.0 Å². The van der Waals surface area contributed by atoms with E-state index >= 15 is 0 Å². The van der Waals surface area contributed by atoms with Crippen molar-refractivity contribution in [3.8, 4) is 5.75 Å². The molecule has 0 amide bonds. The van der Waals surface area contributed by atoms with E-state index in [1.807, 2.05) is 18.2 Å². The maximum atomic E-state index is 6.42. The quantitative estimate of drug-likeness (QED) is 0.362. The first kappa shape index (κ1) is 19.9. The third-order valence-electron chi connectivity index (χ3n) is 5.04. The maximum absolute atomic E-state index is 6.42. The number of ether oxygens (including phenoxy) is 1. The Bertz CT molecular complexity index is 845. The molecule has 0 saturated carbocycles. The van der Waals surface area contributed by atoms with Gasteiger partial charge in [0.25, 0.3) is 0 Å². The Morgan fingerprint density at radius 3 is 2.07 bits per heavy atom. The molecule has 0 aliphatic heterocycles. The van der Waals surface area contributed by atoms with Gasteiger partial charge in [-0.05, 0) is 43.5 Å². The van der Waals surface area contributed by atoms with Gasteiger partial charge < -0.3 is 4.74 Å². The van der Waals surface area contributed by atoms with Gasteiger partial charge in [0, 0.05) is 10.7 Å². The predicted octanol–water partition coefficient (Wildman–Crippen LogP) is 7.31. The summed E-state index contributed by atoms with van der Waals surface area (Å²) in [5, 5.41) is -0.0831. The second kappa shape index (κ2) is 9.40. The number of benzene rings is 3. The average molecular weight is 397 g/mol. The van der Waals surface area contributed by atoms with Gasteiger partial charge in [-0.3, -0.25) is 0 Å². The van der Waals surface area contributed by atoms with Crippen LogP contribution in [0.1, 0.15) is 42.5 Å². The smallest absolute Gasteiger partial charge is 0.123 e. The Labute approximate surface area is 169 Å². The summed E-state index contributed by atoms with van der Waals surface area (Å²) in [7, 11) is 0.303. The Balaban J connectivity index is 1.89. The minimum Gasteiger partial charge on any atom is -0.489 e. The molecule has 0 aliphatic carbocycles. The summed E-state index contributed by atoms with van der Waals surface area (Å²) in [6.45, 7) is 4.99. The maximum Gasteiger partial charge on any atom is 0.123 e. The topological polar surface area (TPSA) is 9.23 Å². The molecule has 140 valence electrons. The highest BCUT2D eigenvalue weighted by Crippen LogP contribution is 2.50. The normalized spacial score (nSPS) is 13.6. The average Bonchev–Trinajstić information content (AvgIpc) is 2.73. The SMILES string of the molecule is CCC(C)(PCl)c1cc(Cc2ccccc2)ccc1OCc1ccccc1. The van der Waals surface area contributed by atoms with Gasteiger partial charge in [0.2, 0.25) is 0 Å². The van der Waals surface area contributed by atoms with Gasteiger partial charge in [-0.25, -0.2) is 0 Å². The fourth-order valence-electron chi connectivity index (χ4n) is 3.12. The second-order valence-corrected chi connectivity index (χ2v) is 8.91. The lowest BCUT2D eigenvalue weighted by molar-refractivity contribution is 0.299. The zero-order valence-corrected chi connectivity index (χ0v) is 17.7. The van der Waals surface area contributed by atoms with Gasteiger partial charge >= 0.3 is 0 Å². The number of hydrogen-bond donors (Lipinski definition) is 0. The van der Waals surface area contributed by atoms with Crippen LogP contribution >= 0.6 is 19.2 Å². The first-order valence-electron chi connectivity index (χ1n) is 9.36. The molecule has 0 radical (unpaired) electrons. The first-order valence-corrected chi connectivity index (χ1v) is 11.4.